The molecule has 0 atom stereocenters. The van der Waals surface area contributed by atoms with Crippen molar-refractivity contribution in [2.75, 3.05) is 0 Å². The van der Waals surface area contributed by atoms with Crippen LogP contribution in [0, 0.1) is 0 Å². The summed E-state index contributed by atoms with van der Waals surface area (Å²) < 4.78 is 6.64. The highest BCUT2D eigenvalue weighted by Crippen LogP contribution is 2.33. The summed E-state index contributed by atoms with van der Waals surface area (Å²) in [5.41, 5.74) is 1.59. The molecule has 0 saturated heterocycles. The van der Waals surface area contributed by atoms with Crippen LogP contribution in [0.1, 0.15) is 0 Å². The molecule has 0 radical (unpaired) electrons. The minimum atomic E-state index is 0.476. The fraction of sp³-hybridized carbons (Fsp3) is 0. The molecule has 2 heterocycles. The van der Waals surface area contributed by atoms with Crippen molar-refractivity contribution in [3.63, 3.8) is 0 Å². The number of pyridine rings is 1. The number of fused-ring (bicyclic) bond motifs is 3. The third-order valence-electron chi connectivity index (χ3n) is 2.30. The van der Waals surface area contributed by atoms with E-state index < -0.39 is 0 Å². The molecule has 2 aromatic heterocycles. The second-order valence-electron chi connectivity index (χ2n) is 3.22. The first kappa shape index (κ1) is 9.19. The van der Waals surface area contributed by atoms with Gasteiger partial charge in [-0.1, -0.05) is 27.5 Å². The molecule has 4 heteroatoms. The van der Waals surface area contributed by atoms with Crippen molar-refractivity contribution in [2.24, 2.45) is 0 Å². The Kier molecular flexibility index (Phi) is 1.97. The average molecular weight is 283 g/mol. The monoisotopic (exact) mass is 281 g/mol. The van der Waals surface area contributed by atoms with E-state index in [1.807, 2.05) is 24.3 Å². The predicted molar refractivity (Wildman–Crippen MR) is 64.2 cm³/mol. The molecule has 0 bridgehead atoms. The second-order valence-corrected chi connectivity index (χ2v) is 4.49. The van der Waals surface area contributed by atoms with Gasteiger partial charge in [0, 0.05) is 16.1 Å². The molecule has 0 fully saturated rings. The normalized spacial score (nSPS) is 11.3. The fourth-order valence-corrected chi connectivity index (χ4v) is 2.27. The summed E-state index contributed by atoms with van der Waals surface area (Å²) in [7, 11) is 0. The zero-order chi connectivity index (χ0) is 10.4. The smallest absolute Gasteiger partial charge is 0.140 e. The maximum Gasteiger partial charge on any atom is 0.140 e. The standard InChI is InChI=1S/C11H5BrClNO/c12-6-1-2-8-7(5-6)10-9(15-8)3-4-14-11(10)13/h1-5H. The highest BCUT2D eigenvalue weighted by Gasteiger charge is 2.10. The Balaban J connectivity index is 2.61. The van der Waals surface area contributed by atoms with Crippen LogP contribution in [0.15, 0.2) is 39.4 Å². The SMILES string of the molecule is Clc1nccc2oc3ccc(Br)cc3c12. The molecule has 0 spiro atoms. The van der Waals surface area contributed by atoms with Crippen LogP contribution < -0.4 is 0 Å². The maximum absolute atomic E-state index is 6.04. The number of aromatic nitrogens is 1. The summed E-state index contributed by atoms with van der Waals surface area (Å²) in [6.07, 6.45) is 1.64. The van der Waals surface area contributed by atoms with Crippen LogP contribution in [0.5, 0.6) is 0 Å². The number of nitrogens with zero attached hydrogens (tertiary/aromatic N) is 1. The van der Waals surface area contributed by atoms with E-state index in [2.05, 4.69) is 20.9 Å². The Morgan fingerprint density at radius 2 is 2.07 bits per heavy atom. The van der Waals surface area contributed by atoms with Crippen molar-refractivity contribution >= 4 is 49.5 Å². The van der Waals surface area contributed by atoms with Crippen LogP contribution in [0.3, 0.4) is 0 Å². The summed E-state index contributed by atoms with van der Waals surface area (Å²) in [6.45, 7) is 0. The van der Waals surface area contributed by atoms with Crippen molar-refractivity contribution in [1.82, 2.24) is 4.98 Å². The van der Waals surface area contributed by atoms with Crippen molar-refractivity contribution in [3.8, 4) is 0 Å². The van der Waals surface area contributed by atoms with Gasteiger partial charge in [0.25, 0.3) is 0 Å². The van der Waals surface area contributed by atoms with Crippen LogP contribution >= 0.6 is 27.5 Å². The topological polar surface area (TPSA) is 26.0 Å². The third kappa shape index (κ3) is 1.34. The Bertz CT molecular complexity index is 662. The van der Waals surface area contributed by atoms with Gasteiger partial charge < -0.3 is 4.42 Å². The van der Waals surface area contributed by atoms with Crippen molar-refractivity contribution in [3.05, 3.63) is 40.1 Å². The lowest BCUT2D eigenvalue weighted by molar-refractivity contribution is 0.668. The van der Waals surface area contributed by atoms with E-state index in [0.717, 1.165) is 26.4 Å². The van der Waals surface area contributed by atoms with Gasteiger partial charge in [-0.05, 0) is 24.3 Å². The Labute approximate surface area is 99.0 Å². The molecule has 0 N–H and O–H groups in total. The van der Waals surface area contributed by atoms with Gasteiger partial charge in [0.2, 0.25) is 0 Å². The average Bonchev–Trinajstić information content (AvgIpc) is 2.57. The highest BCUT2D eigenvalue weighted by atomic mass is 79.9. The Hall–Kier alpha value is -1.06. The van der Waals surface area contributed by atoms with Gasteiger partial charge in [-0.25, -0.2) is 4.98 Å². The molecule has 3 aromatic rings. The Morgan fingerprint density at radius 1 is 1.20 bits per heavy atom. The molecular formula is C11H5BrClNO. The number of furan rings is 1. The van der Waals surface area contributed by atoms with Gasteiger partial charge in [-0.15, -0.1) is 0 Å². The zero-order valence-electron chi connectivity index (χ0n) is 7.50. The number of halogens is 2. The van der Waals surface area contributed by atoms with E-state index in [9.17, 15) is 0 Å². The third-order valence-corrected chi connectivity index (χ3v) is 3.08. The number of hydrogen-bond donors (Lipinski definition) is 0. The van der Waals surface area contributed by atoms with Crippen LogP contribution in [-0.4, -0.2) is 4.98 Å². The molecule has 2 nitrogen and oxygen atoms in total. The molecular weight excluding hydrogens is 277 g/mol. The molecule has 15 heavy (non-hydrogen) atoms. The van der Waals surface area contributed by atoms with Crippen LogP contribution in [0.4, 0.5) is 0 Å². The van der Waals surface area contributed by atoms with Crippen molar-refractivity contribution in [2.45, 2.75) is 0 Å². The second kappa shape index (κ2) is 3.22. The lowest BCUT2D eigenvalue weighted by Gasteiger charge is -1.92. The fourth-order valence-electron chi connectivity index (χ4n) is 1.65. The van der Waals surface area contributed by atoms with E-state index in [1.54, 1.807) is 6.20 Å². The summed E-state index contributed by atoms with van der Waals surface area (Å²) in [5.74, 6) is 0. The quantitative estimate of drug-likeness (QED) is 0.571. The van der Waals surface area contributed by atoms with Gasteiger partial charge in [-0.3, -0.25) is 0 Å². The van der Waals surface area contributed by atoms with E-state index in [1.165, 1.54) is 0 Å². The summed E-state index contributed by atoms with van der Waals surface area (Å²) in [5, 5.41) is 2.33. The highest BCUT2D eigenvalue weighted by molar-refractivity contribution is 9.10. The van der Waals surface area contributed by atoms with Crippen molar-refractivity contribution in [1.29, 1.82) is 0 Å². The van der Waals surface area contributed by atoms with Crippen LogP contribution in [0.2, 0.25) is 5.15 Å². The first-order valence-corrected chi connectivity index (χ1v) is 5.55. The summed E-state index contributed by atoms with van der Waals surface area (Å²) >= 11 is 9.47. The van der Waals surface area contributed by atoms with Crippen molar-refractivity contribution < 1.29 is 4.42 Å². The largest absolute Gasteiger partial charge is 0.456 e. The molecule has 74 valence electrons. The molecule has 0 unspecified atom stereocenters. The lowest BCUT2D eigenvalue weighted by atomic mass is 10.2. The van der Waals surface area contributed by atoms with E-state index in [4.69, 9.17) is 16.0 Å². The van der Waals surface area contributed by atoms with Crippen LogP contribution in [0.25, 0.3) is 21.9 Å². The number of hydrogen-bond acceptors (Lipinski definition) is 2. The van der Waals surface area contributed by atoms with E-state index in [-0.39, 0.29) is 0 Å². The number of benzene rings is 1. The summed E-state index contributed by atoms with van der Waals surface area (Å²) in [4.78, 5) is 4.05. The zero-order valence-corrected chi connectivity index (χ0v) is 9.84. The van der Waals surface area contributed by atoms with E-state index >= 15 is 0 Å². The van der Waals surface area contributed by atoms with Crippen LogP contribution in [-0.2, 0) is 0 Å². The van der Waals surface area contributed by atoms with Gasteiger partial charge in [0.1, 0.15) is 16.3 Å². The lowest BCUT2D eigenvalue weighted by Crippen LogP contribution is -1.74. The first-order valence-electron chi connectivity index (χ1n) is 4.38. The van der Waals surface area contributed by atoms with Gasteiger partial charge in [-0.2, -0.15) is 0 Å². The summed E-state index contributed by atoms with van der Waals surface area (Å²) in [6, 6.07) is 7.64. The molecule has 3 rings (SSSR count). The molecule has 0 aliphatic heterocycles. The minimum absolute atomic E-state index is 0.476. The number of rotatable bonds is 0. The molecule has 0 aliphatic rings. The first-order chi connectivity index (χ1) is 7.25. The predicted octanol–water partition coefficient (Wildman–Crippen LogP) is 4.40. The molecule has 0 amide bonds. The van der Waals surface area contributed by atoms with Gasteiger partial charge in [0.05, 0.1) is 5.39 Å². The molecule has 0 aliphatic carbocycles. The molecule has 1 aromatic carbocycles. The Morgan fingerprint density at radius 3 is 2.93 bits per heavy atom. The van der Waals surface area contributed by atoms with E-state index in [0.29, 0.717) is 5.15 Å². The molecule has 0 saturated carbocycles. The maximum atomic E-state index is 6.04. The minimum Gasteiger partial charge on any atom is -0.456 e. The van der Waals surface area contributed by atoms with Gasteiger partial charge in [0.15, 0.2) is 0 Å². The van der Waals surface area contributed by atoms with Gasteiger partial charge >= 0.3 is 0 Å².